The van der Waals surface area contributed by atoms with Crippen LogP contribution >= 0.6 is 0 Å². The van der Waals surface area contributed by atoms with Gasteiger partial charge in [0.1, 0.15) is 5.82 Å². The van der Waals surface area contributed by atoms with E-state index in [1.807, 2.05) is 6.92 Å². The second-order valence-electron chi connectivity index (χ2n) is 4.68. The molecule has 1 rings (SSSR count). The highest BCUT2D eigenvalue weighted by Gasteiger charge is 2.11. The van der Waals surface area contributed by atoms with Gasteiger partial charge in [0.2, 0.25) is 0 Å². The number of aliphatic hydroxyl groups is 1. The molecule has 1 N–H and O–H groups in total. The molecule has 90 valence electrons. The average molecular weight is 224 g/mol. The number of rotatable bonds is 5. The maximum absolute atomic E-state index is 12.9. The summed E-state index contributed by atoms with van der Waals surface area (Å²) in [6.45, 7) is 6.15. The third-order valence-electron chi connectivity index (χ3n) is 3.13. The zero-order chi connectivity index (χ0) is 12.1. The number of hydrogen-bond acceptors (Lipinski definition) is 1. The second kappa shape index (κ2) is 6.00. The molecule has 2 atom stereocenters. The number of halogens is 1. The van der Waals surface area contributed by atoms with E-state index in [1.54, 1.807) is 6.07 Å². The predicted molar refractivity (Wildman–Crippen MR) is 64.9 cm³/mol. The molecular weight excluding hydrogens is 203 g/mol. The van der Waals surface area contributed by atoms with E-state index in [1.165, 1.54) is 12.1 Å². The Kier molecular flexibility index (Phi) is 4.94. The van der Waals surface area contributed by atoms with Gasteiger partial charge in [-0.2, -0.15) is 0 Å². The summed E-state index contributed by atoms with van der Waals surface area (Å²) in [6, 6.07) is 4.74. The SMILES string of the molecule is CCC(C)CC(O)Cc1ccc(F)cc1C. The Morgan fingerprint density at radius 2 is 2.06 bits per heavy atom. The van der Waals surface area contributed by atoms with Crippen molar-refractivity contribution in [3.05, 3.63) is 35.1 Å². The van der Waals surface area contributed by atoms with Gasteiger partial charge in [0.25, 0.3) is 0 Å². The number of aliphatic hydroxyl groups excluding tert-OH is 1. The molecule has 0 amide bonds. The molecule has 0 fully saturated rings. The van der Waals surface area contributed by atoms with Crippen LogP contribution in [0.3, 0.4) is 0 Å². The van der Waals surface area contributed by atoms with Gasteiger partial charge in [-0.05, 0) is 48.9 Å². The first-order valence-corrected chi connectivity index (χ1v) is 5.96. The summed E-state index contributed by atoms with van der Waals surface area (Å²) in [7, 11) is 0. The van der Waals surface area contributed by atoms with Crippen molar-refractivity contribution in [3.63, 3.8) is 0 Å². The molecule has 1 nitrogen and oxygen atoms in total. The maximum atomic E-state index is 12.9. The third kappa shape index (κ3) is 3.93. The van der Waals surface area contributed by atoms with Crippen molar-refractivity contribution >= 4 is 0 Å². The molecular formula is C14H21FO. The van der Waals surface area contributed by atoms with Crippen LogP contribution in [-0.2, 0) is 6.42 Å². The Balaban J connectivity index is 2.59. The van der Waals surface area contributed by atoms with E-state index in [4.69, 9.17) is 0 Å². The fourth-order valence-electron chi connectivity index (χ4n) is 1.86. The fourth-order valence-corrected chi connectivity index (χ4v) is 1.86. The standard InChI is InChI=1S/C14H21FO/c1-4-10(2)7-14(16)9-12-5-6-13(15)8-11(12)3/h5-6,8,10,14,16H,4,7,9H2,1-3H3. The lowest BCUT2D eigenvalue weighted by molar-refractivity contribution is 0.144. The van der Waals surface area contributed by atoms with Gasteiger partial charge in [-0.25, -0.2) is 4.39 Å². The van der Waals surface area contributed by atoms with Crippen LogP contribution in [-0.4, -0.2) is 11.2 Å². The van der Waals surface area contributed by atoms with E-state index >= 15 is 0 Å². The summed E-state index contributed by atoms with van der Waals surface area (Å²) in [5.74, 6) is 0.327. The number of aryl methyl sites for hydroxylation is 1. The van der Waals surface area contributed by atoms with Gasteiger partial charge in [0.15, 0.2) is 0 Å². The van der Waals surface area contributed by atoms with Crippen LogP contribution in [0.2, 0.25) is 0 Å². The van der Waals surface area contributed by atoms with Crippen LogP contribution in [0.1, 0.15) is 37.8 Å². The van der Waals surface area contributed by atoms with Crippen molar-refractivity contribution in [1.82, 2.24) is 0 Å². The maximum Gasteiger partial charge on any atom is 0.123 e. The van der Waals surface area contributed by atoms with Crippen LogP contribution < -0.4 is 0 Å². The molecule has 0 saturated carbocycles. The first kappa shape index (κ1) is 13.2. The summed E-state index contributed by atoms with van der Waals surface area (Å²) in [5, 5.41) is 9.90. The first-order valence-electron chi connectivity index (χ1n) is 5.96. The lowest BCUT2D eigenvalue weighted by Gasteiger charge is -2.16. The van der Waals surface area contributed by atoms with Gasteiger partial charge in [-0.3, -0.25) is 0 Å². The van der Waals surface area contributed by atoms with Crippen LogP contribution in [0.5, 0.6) is 0 Å². The van der Waals surface area contributed by atoms with Crippen molar-refractivity contribution in [3.8, 4) is 0 Å². The van der Waals surface area contributed by atoms with Gasteiger partial charge in [0.05, 0.1) is 6.10 Å². The quantitative estimate of drug-likeness (QED) is 0.812. The van der Waals surface area contributed by atoms with Crippen molar-refractivity contribution in [2.45, 2.75) is 46.1 Å². The van der Waals surface area contributed by atoms with Gasteiger partial charge < -0.3 is 5.11 Å². The van der Waals surface area contributed by atoms with Gasteiger partial charge in [0, 0.05) is 0 Å². The summed E-state index contributed by atoms with van der Waals surface area (Å²) in [4.78, 5) is 0. The molecule has 0 saturated heterocycles. The molecule has 0 spiro atoms. The zero-order valence-corrected chi connectivity index (χ0v) is 10.3. The molecule has 0 aliphatic heterocycles. The minimum absolute atomic E-state index is 0.210. The van der Waals surface area contributed by atoms with E-state index in [0.29, 0.717) is 12.3 Å². The van der Waals surface area contributed by atoms with Gasteiger partial charge >= 0.3 is 0 Å². The molecule has 16 heavy (non-hydrogen) atoms. The lowest BCUT2D eigenvalue weighted by atomic mass is 9.95. The lowest BCUT2D eigenvalue weighted by Crippen LogP contribution is -2.15. The van der Waals surface area contributed by atoms with Crippen molar-refractivity contribution < 1.29 is 9.50 Å². The summed E-state index contributed by atoms with van der Waals surface area (Å²) in [5.41, 5.74) is 1.96. The molecule has 0 radical (unpaired) electrons. The minimum Gasteiger partial charge on any atom is -0.393 e. The molecule has 0 bridgehead atoms. The van der Waals surface area contributed by atoms with Crippen molar-refractivity contribution in [2.75, 3.05) is 0 Å². The molecule has 2 heteroatoms. The zero-order valence-electron chi connectivity index (χ0n) is 10.3. The largest absolute Gasteiger partial charge is 0.393 e. The fraction of sp³-hybridized carbons (Fsp3) is 0.571. The highest BCUT2D eigenvalue weighted by Crippen LogP contribution is 2.17. The van der Waals surface area contributed by atoms with Crippen LogP contribution in [0, 0.1) is 18.7 Å². The highest BCUT2D eigenvalue weighted by atomic mass is 19.1. The second-order valence-corrected chi connectivity index (χ2v) is 4.68. The predicted octanol–water partition coefficient (Wildman–Crippen LogP) is 3.47. The normalized spacial score (nSPS) is 14.8. The highest BCUT2D eigenvalue weighted by molar-refractivity contribution is 5.27. The van der Waals surface area contributed by atoms with Gasteiger partial charge in [-0.15, -0.1) is 0 Å². The van der Waals surface area contributed by atoms with Crippen LogP contribution in [0.15, 0.2) is 18.2 Å². The molecule has 2 unspecified atom stereocenters. The van der Waals surface area contributed by atoms with Crippen molar-refractivity contribution in [2.24, 2.45) is 5.92 Å². The summed E-state index contributed by atoms with van der Waals surface area (Å²) >= 11 is 0. The molecule has 0 aliphatic rings. The van der Waals surface area contributed by atoms with Crippen molar-refractivity contribution in [1.29, 1.82) is 0 Å². The van der Waals surface area contributed by atoms with Crippen LogP contribution in [0.4, 0.5) is 4.39 Å². The summed E-state index contributed by atoms with van der Waals surface area (Å²) < 4.78 is 12.9. The molecule has 0 aromatic heterocycles. The molecule has 1 aromatic carbocycles. The molecule has 1 aromatic rings. The first-order chi connectivity index (χ1) is 7.52. The van der Waals surface area contributed by atoms with E-state index in [0.717, 1.165) is 24.0 Å². The van der Waals surface area contributed by atoms with E-state index in [2.05, 4.69) is 13.8 Å². The number of benzene rings is 1. The number of hydrogen-bond donors (Lipinski definition) is 1. The Bertz CT molecular complexity index is 336. The minimum atomic E-state index is -0.320. The van der Waals surface area contributed by atoms with E-state index in [9.17, 15) is 9.50 Å². The smallest absolute Gasteiger partial charge is 0.123 e. The Labute approximate surface area is 97.3 Å². The topological polar surface area (TPSA) is 20.2 Å². The van der Waals surface area contributed by atoms with Gasteiger partial charge in [-0.1, -0.05) is 26.3 Å². The molecule has 0 heterocycles. The Hall–Kier alpha value is -0.890. The average Bonchev–Trinajstić information content (AvgIpc) is 2.22. The van der Waals surface area contributed by atoms with Crippen LogP contribution in [0.25, 0.3) is 0 Å². The monoisotopic (exact) mass is 224 g/mol. The van der Waals surface area contributed by atoms with E-state index < -0.39 is 0 Å². The van der Waals surface area contributed by atoms with E-state index in [-0.39, 0.29) is 11.9 Å². The third-order valence-corrected chi connectivity index (χ3v) is 3.13. The Morgan fingerprint density at radius 1 is 1.38 bits per heavy atom. The molecule has 0 aliphatic carbocycles. The Morgan fingerprint density at radius 3 is 2.62 bits per heavy atom. The summed E-state index contributed by atoms with van der Waals surface area (Å²) in [6.07, 6.45) is 2.20.